The van der Waals surface area contributed by atoms with Gasteiger partial charge in [-0.15, -0.1) is 0 Å². The van der Waals surface area contributed by atoms with E-state index in [9.17, 15) is 23.3 Å². The van der Waals surface area contributed by atoms with Crippen LogP contribution >= 0.6 is 0 Å². The van der Waals surface area contributed by atoms with Crippen LogP contribution in [0.4, 0.5) is 24.5 Å². The summed E-state index contributed by atoms with van der Waals surface area (Å²) in [5.74, 6) is 0. The van der Waals surface area contributed by atoms with Crippen LogP contribution in [-0.4, -0.2) is 14.7 Å². The molecule has 0 amide bonds. The highest BCUT2D eigenvalue weighted by molar-refractivity contribution is 5.63. The van der Waals surface area contributed by atoms with Crippen LogP contribution in [0.25, 0.3) is 0 Å². The molecule has 2 aromatic rings. The molecule has 21 heavy (non-hydrogen) atoms. The quantitative estimate of drug-likeness (QED) is 0.696. The van der Waals surface area contributed by atoms with Crippen LogP contribution in [0.2, 0.25) is 0 Å². The molecule has 6 nitrogen and oxygen atoms in total. The van der Waals surface area contributed by atoms with Crippen molar-refractivity contribution in [3.8, 4) is 0 Å². The van der Waals surface area contributed by atoms with Crippen molar-refractivity contribution < 1.29 is 18.1 Å². The minimum absolute atomic E-state index is 0.0224. The number of nitrogens with zero attached hydrogens (tertiary/aromatic N) is 3. The summed E-state index contributed by atoms with van der Waals surface area (Å²) in [6.07, 6.45) is -3.07. The van der Waals surface area contributed by atoms with Crippen molar-refractivity contribution in [3.63, 3.8) is 0 Å². The Balaban J connectivity index is 2.27. The second-order valence-corrected chi connectivity index (χ2v) is 4.29. The zero-order valence-electron chi connectivity index (χ0n) is 10.9. The van der Waals surface area contributed by atoms with Gasteiger partial charge >= 0.3 is 6.18 Å². The first-order valence-corrected chi connectivity index (χ1v) is 5.85. The molecule has 1 heterocycles. The molecule has 0 radical (unpaired) electrons. The van der Waals surface area contributed by atoms with Crippen molar-refractivity contribution in [2.75, 3.05) is 5.32 Å². The molecule has 0 unspecified atom stereocenters. The fourth-order valence-corrected chi connectivity index (χ4v) is 1.77. The molecule has 0 bridgehead atoms. The molecule has 1 aromatic heterocycles. The first-order chi connectivity index (χ1) is 9.79. The standard InChI is InChI=1S/C12H11F3N4O2/c1-18-9(4-5-17-18)7-16-10-3-2-8(12(13,14)15)6-11(10)19(20)21/h2-6,16H,7H2,1H3. The van der Waals surface area contributed by atoms with Crippen molar-refractivity contribution in [1.29, 1.82) is 0 Å². The first kappa shape index (κ1) is 14.8. The summed E-state index contributed by atoms with van der Waals surface area (Å²) in [5.41, 5.74) is -0.911. The number of aromatic nitrogens is 2. The molecule has 0 fully saturated rings. The topological polar surface area (TPSA) is 73.0 Å². The van der Waals surface area contributed by atoms with E-state index in [4.69, 9.17) is 0 Å². The Morgan fingerprint density at radius 1 is 1.38 bits per heavy atom. The third-order valence-corrected chi connectivity index (χ3v) is 2.90. The summed E-state index contributed by atoms with van der Waals surface area (Å²) in [7, 11) is 1.69. The molecule has 112 valence electrons. The summed E-state index contributed by atoms with van der Waals surface area (Å²) in [4.78, 5) is 10.1. The lowest BCUT2D eigenvalue weighted by Gasteiger charge is -2.10. The maximum atomic E-state index is 12.6. The summed E-state index contributed by atoms with van der Waals surface area (Å²) in [5, 5.41) is 17.6. The number of alkyl halides is 3. The van der Waals surface area contributed by atoms with Crippen LogP contribution in [0.5, 0.6) is 0 Å². The summed E-state index contributed by atoms with van der Waals surface area (Å²) in [6, 6.07) is 4.07. The second kappa shape index (κ2) is 5.43. The smallest absolute Gasteiger partial charge is 0.374 e. The van der Waals surface area contributed by atoms with E-state index in [1.54, 1.807) is 24.0 Å². The molecule has 1 N–H and O–H groups in total. The van der Waals surface area contributed by atoms with Crippen LogP contribution in [0.1, 0.15) is 11.3 Å². The van der Waals surface area contributed by atoms with Crippen LogP contribution < -0.4 is 5.32 Å². The van der Waals surface area contributed by atoms with Crippen molar-refractivity contribution in [1.82, 2.24) is 9.78 Å². The molecule has 9 heteroatoms. The number of rotatable bonds is 4. The normalized spacial score (nSPS) is 11.4. The summed E-state index contributed by atoms with van der Waals surface area (Å²) in [6.45, 7) is 0.211. The molecule has 0 saturated carbocycles. The van der Waals surface area contributed by atoms with Crippen molar-refractivity contribution in [3.05, 3.63) is 51.8 Å². The third kappa shape index (κ3) is 3.30. The van der Waals surface area contributed by atoms with Gasteiger partial charge in [-0.1, -0.05) is 0 Å². The van der Waals surface area contributed by atoms with E-state index in [2.05, 4.69) is 10.4 Å². The average Bonchev–Trinajstić information content (AvgIpc) is 2.80. The minimum atomic E-state index is -4.62. The number of anilines is 1. The zero-order valence-corrected chi connectivity index (χ0v) is 10.9. The molecule has 1 aromatic carbocycles. The Labute approximate surface area is 117 Å². The summed E-state index contributed by atoms with van der Waals surface area (Å²) >= 11 is 0. The Morgan fingerprint density at radius 2 is 2.10 bits per heavy atom. The van der Waals surface area contributed by atoms with Crippen molar-refractivity contribution in [2.45, 2.75) is 12.7 Å². The Bertz CT molecular complexity index is 667. The highest BCUT2D eigenvalue weighted by Gasteiger charge is 2.33. The van der Waals surface area contributed by atoms with Crippen LogP contribution in [-0.2, 0) is 19.8 Å². The zero-order chi connectivity index (χ0) is 15.6. The maximum Gasteiger partial charge on any atom is 0.416 e. The van der Waals surface area contributed by atoms with Gasteiger partial charge in [0.15, 0.2) is 0 Å². The van der Waals surface area contributed by atoms with Gasteiger partial charge in [0.1, 0.15) is 5.69 Å². The highest BCUT2D eigenvalue weighted by atomic mass is 19.4. The van der Waals surface area contributed by atoms with Crippen molar-refractivity contribution in [2.24, 2.45) is 7.05 Å². The van der Waals surface area contributed by atoms with E-state index in [1.165, 1.54) is 0 Å². The minimum Gasteiger partial charge on any atom is -0.374 e. The summed E-state index contributed by atoms with van der Waals surface area (Å²) < 4.78 is 39.3. The number of hydrogen-bond acceptors (Lipinski definition) is 4. The van der Waals surface area contributed by atoms with Gasteiger partial charge in [-0.3, -0.25) is 14.8 Å². The Kier molecular flexibility index (Phi) is 3.83. The van der Waals surface area contributed by atoms with E-state index in [0.29, 0.717) is 6.07 Å². The maximum absolute atomic E-state index is 12.6. The van der Waals surface area contributed by atoms with E-state index in [0.717, 1.165) is 17.8 Å². The fourth-order valence-electron chi connectivity index (χ4n) is 1.77. The van der Waals surface area contributed by atoms with Crippen molar-refractivity contribution >= 4 is 11.4 Å². The van der Waals surface area contributed by atoms with Gasteiger partial charge in [0.05, 0.1) is 22.7 Å². The fraction of sp³-hybridized carbons (Fsp3) is 0.250. The highest BCUT2D eigenvalue weighted by Crippen LogP contribution is 2.35. The van der Waals surface area contributed by atoms with Crippen LogP contribution in [0, 0.1) is 10.1 Å². The molecule has 0 spiro atoms. The number of aryl methyl sites for hydroxylation is 1. The van der Waals surface area contributed by atoms with E-state index >= 15 is 0 Å². The molecule has 0 saturated heterocycles. The largest absolute Gasteiger partial charge is 0.416 e. The molecular formula is C12H11F3N4O2. The second-order valence-electron chi connectivity index (χ2n) is 4.29. The molecular weight excluding hydrogens is 289 g/mol. The number of hydrogen-bond donors (Lipinski definition) is 1. The number of halogens is 3. The van der Waals surface area contributed by atoms with E-state index in [1.807, 2.05) is 0 Å². The third-order valence-electron chi connectivity index (χ3n) is 2.90. The monoisotopic (exact) mass is 300 g/mol. The lowest BCUT2D eigenvalue weighted by molar-refractivity contribution is -0.384. The van der Waals surface area contributed by atoms with Crippen LogP contribution in [0.15, 0.2) is 30.5 Å². The molecule has 0 atom stereocenters. The molecule has 0 aliphatic heterocycles. The number of nitro benzene ring substituents is 1. The average molecular weight is 300 g/mol. The first-order valence-electron chi connectivity index (χ1n) is 5.85. The predicted octanol–water partition coefficient (Wildman–Crippen LogP) is 2.96. The molecule has 0 aliphatic rings. The molecule has 2 rings (SSSR count). The van der Waals surface area contributed by atoms with Crippen LogP contribution in [0.3, 0.4) is 0 Å². The van der Waals surface area contributed by atoms with Gasteiger partial charge in [0.2, 0.25) is 0 Å². The predicted molar refractivity (Wildman–Crippen MR) is 68.6 cm³/mol. The van der Waals surface area contributed by atoms with Gasteiger partial charge in [0, 0.05) is 19.3 Å². The van der Waals surface area contributed by atoms with Gasteiger partial charge in [0.25, 0.3) is 5.69 Å². The number of nitro groups is 1. The number of nitrogens with one attached hydrogen (secondary N) is 1. The van der Waals surface area contributed by atoms with Gasteiger partial charge < -0.3 is 5.32 Å². The lowest BCUT2D eigenvalue weighted by atomic mass is 10.1. The lowest BCUT2D eigenvalue weighted by Crippen LogP contribution is -2.09. The van der Waals surface area contributed by atoms with Gasteiger partial charge in [-0.05, 0) is 18.2 Å². The molecule has 0 aliphatic carbocycles. The van der Waals surface area contributed by atoms with E-state index in [-0.39, 0.29) is 12.2 Å². The number of benzene rings is 1. The Morgan fingerprint density at radius 3 is 2.62 bits per heavy atom. The van der Waals surface area contributed by atoms with E-state index < -0.39 is 22.4 Å². The Hall–Kier alpha value is -2.58. The SMILES string of the molecule is Cn1nccc1CNc1ccc(C(F)(F)F)cc1[N+](=O)[O-]. The van der Waals surface area contributed by atoms with Gasteiger partial charge in [-0.2, -0.15) is 18.3 Å². The van der Waals surface area contributed by atoms with Gasteiger partial charge in [-0.25, -0.2) is 0 Å².